The van der Waals surface area contributed by atoms with Crippen molar-refractivity contribution in [2.24, 2.45) is 0 Å². The average Bonchev–Trinajstić information content (AvgIpc) is 3.19. The molecule has 0 spiro atoms. The fourth-order valence-electron chi connectivity index (χ4n) is 3.79. The summed E-state index contributed by atoms with van der Waals surface area (Å²) in [7, 11) is -3.56. The van der Waals surface area contributed by atoms with E-state index in [0.717, 1.165) is 22.8 Å². The Hall–Kier alpha value is -2.57. The molecule has 30 heavy (non-hydrogen) atoms. The molecule has 0 saturated carbocycles. The number of carbonyl (C=O) groups is 1. The summed E-state index contributed by atoms with van der Waals surface area (Å²) < 4.78 is 31.5. The molecule has 0 bridgehead atoms. The molecule has 1 amide bonds. The van der Waals surface area contributed by atoms with Gasteiger partial charge in [0.25, 0.3) is 0 Å². The third kappa shape index (κ3) is 4.60. The molecule has 0 aromatic heterocycles. The number of likely N-dealkylation sites (tertiary alicyclic amines) is 1. The number of halogens is 1. The molecule has 0 N–H and O–H groups in total. The molecule has 0 unspecified atom stereocenters. The molecule has 1 fully saturated rings. The summed E-state index contributed by atoms with van der Waals surface area (Å²) in [6.45, 7) is 0.674. The highest BCUT2D eigenvalue weighted by atomic mass is 35.5. The molecule has 5 nitrogen and oxygen atoms in total. The average molecular weight is 444 g/mol. The van der Waals surface area contributed by atoms with Gasteiger partial charge in [-0.25, -0.2) is 13.2 Å². The molecule has 0 radical (unpaired) electrons. The summed E-state index contributed by atoms with van der Waals surface area (Å²) >= 11 is 6.00. The van der Waals surface area contributed by atoms with Gasteiger partial charge in [0, 0.05) is 17.6 Å². The fourth-order valence-corrected chi connectivity index (χ4v) is 5.60. The predicted octanol–water partition coefficient (Wildman–Crippen LogP) is 5.07. The van der Waals surface area contributed by atoms with Crippen LogP contribution in [-0.4, -0.2) is 37.8 Å². The van der Waals surface area contributed by atoms with E-state index in [1.807, 2.05) is 30.3 Å². The van der Waals surface area contributed by atoms with Crippen molar-refractivity contribution in [3.8, 4) is 0 Å². The largest absolute Gasteiger partial charge is 0.445 e. The molecule has 1 heterocycles. The van der Waals surface area contributed by atoms with Crippen molar-refractivity contribution >= 4 is 38.3 Å². The Morgan fingerprint density at radius 3 is 2.57 bits per heavy atom. The van der Waals surface area contributed by atoms with Crippen LogP contribution in [0.2, 0.25) is 5.02 Å². The van der Waals surface area contributed by atoms with Gasteiger partial charge in [0.15, 0.2) is 9.84 Å². The van der Waals surface area contributed by atoms with E-state index in [9.17, 15) is 13.2 Å². The lowest BCUT2D eigenvalue weighted by Gasteiger charge is -2.24. The maximum atomic E-state index is 13.0. The minimum absolute atomic E-state index is 0.119. The Kier molecular flexibility index (Phi) is 5.97. The van der Waals surface area contributed by atoms with E-state index in [2.05, 4.69) is 0 Å². The Bertz CT molecular complexity index is 1160. The van der Waals surface area contributed by atoms with Gasteiger partial charge in [0.1, 0.15) is 6.61 Å². The third-order valence-electron chi connectivity index (χ3n) is 5.36. The Labute approximate surface area is 181 Å². The van der Waals surface area contributed by atoms with Crippen molar-refractivity contribution in [3.05, 3.63) is 77.3 Å². The molecule has 1 aliphatic rings. The van der Waals surface area contributed by atoms with Crippen molar-refractivity contribution in [1.29, 1.82) is 0 Å². The van der Waals surface area contributed by atoms with Crippen LogP contribution < -0.4 is 0 Å². The smallest absolute Gasteiger partial charge is 0.410 e. The van der Waals surface area contributed by atoms with Crippen LogP contribution in [0, 0.1) is 0 Å². The van der Waals surface area contributed by atoms with Crippen LogP contribution in [0.15, 0.2) is 71.6 Å². The topological polar surface area (TPSA) is 63.7 Å². The SMILES string of the molecule is O=C(OCc1ccccc1)N1CCC[C@@H]1CS(=O)(=O)c1ccc2cc(Cl)ccc2c1. The number of hydrogen-bond donors (Lipinski definition) is 0. The number of fused-ring (bicyclic) bond motifs is 1. The van der Waals surface area contributed by atoms with Crippen LogP contribution in [0.3, 0.4) is 0 Å². The number of benzene rings is 3. The Balaban J connectivity index is 1.46. The van der Waals surface area contributed by atoms with Gasteiger partial charge in [-0.1, -0.05) is 54.1 Å². The minimum atomic E-state index is -3.56. The first-order valence-corrected chi connectivity index (χ1v) is 11.8. The molecule has 0 aliphatic carbocycles. The van der Waals surface area contributed by atoms with E-state index >= 15 is 0 Å². The van der Waals surface area contributed by atoms with Gasteiger partial charge in [0.2, 0.25) is 0 Å². The first-order valence-electron chi connectivity index (χ1n) is 9.82. The van der Waals surface area contributed by atoms with Crippen LogP contribution in [0.25, 0.3) is 10.8 Å². The summed E-state index contributed by atoms with van der Waals surface area (Å²) in [6, 6.07) is 19.4. The lowest BCUT2D eigenvalue weighted by Crippen LogP contribution is -2.40. The van der Waals surface area contributed by atoms with Gasteiger partial charge in [0.05, 0.1) is 10.6 Å². The summed E-state index contributed by atoms with van der Waals surface area (Å²) in [5.74, 6) is -0.119. The number of nitrogens with zero attached hydrogens (tertiary/aromatic N) is 1. The highest BCUT2D eigenvalue weighted by Crippen LogP contribution is 2.26. The lowest BCUT2D eigenvalue weighted by atomic mass is 10.1. The zero-order valence-corrected chi connectivity index (χ0v) is 17.9. The number of carbonyl (C=O) groups excluding carboxylic acids is 1. The second kappa shape index (κ2) is 8.66. The van der Waals surface area contributed by atoms with E-state index in [-0.39, 0.29) is 23.3 Å². The van der Waals surface area contributed by atoms with Crippen molar-refractivity contribution in [1.82, 2.24) is 4.90 Å². The van der Waals surface area contributed by atoms with Crippen LogP contribution in [-0.2, 0) is 21.2 Å². The zero-order valence-electron chi connectivity index (χ0n) is 16.3. The zero-order chi connectivity index (χ0) is 21.1. The Morgan fingerprint density at radius 1 is 1.03 bits per heavy atom. The summed E-state index contributed by atoms with van der Waals surface area (Å²) in [4.78, 5) is 14.3. The Morgan fingerprint density at radius 2 is 1.77 bits per heavy atom. The lowest BCUT2D eigenvalue weighted by molar-refractivity contribution is 0.0948. The van der Waals surface area contributed by atoms with E-state index < -0.39 is 15.9 Å². The maximum absolute atomic E-state index is 13.0. The van der Waals surface area contributed by atoms with Crippen molar-refractivity contribution in [2.75, 3.05) is 12.3 Å². The van der Waals surface area contributed by atoms with E-state index in [1.165, 1.54) is 0 Å². The highest BCUT2D eigenvalue weighted by molar-refractivity contribution is 7.91. The first-order chi connectivity index (χ1) is 14.4. The number of ether oxygens (including phenoxy) is 1. The van der Waals surface area contributed by atoms with Gasteiger partial charge in [-0.3, -0.25) is 0 Å². The third-order valence-corrected chi connectivity index (χ3v) is 7.39. The molecule has 1 saturated heterocycles. The standard InChI is InChI=1S/C23H22ClNO4S/c24-20-10-8-19-14-22(11-9-18(19)13-20)30(27,28)16-21-7-4-12-25(21)23(26)29-15-17-5-2-1-3-6-17/h1-3,5-6,8-11,13-14,21H,4,7,12,15-16H2/t21-/m1/s1. The predicted molar refractivity (Wildman–Crippen MR) is 117 cm³/mol. The van der Waals surface area contributed by atoms with Gasteiger partial charge in [-0.15, -0.1) is 0 Å². The molecule has 3 aromatic carbocycles. The fraction of sp³-hybridized carbons (Fsp3) is 0.261. The normalized spacial score (nSPS) is 16.7. The van der Waals surface area contributed by atoms with Crippen LogP contribution in [0.1, 0.15) is 18.4 Å². The van der Waals surface area contributed by atoms with E-state index in [4.69, 9.17) is 16.3 Å². The molecule has 7 heteroatoms. The van der Waals surface area contributed by atoms with E-state index in [1.54, 1.807) is 41.3 Å². The highest BCUT2D eigenvalue weighted by Gasteiger charge is 2.34. The summed E-state index contributed by atoms with van der Waals surface area (Å²) in [5.41, 5.74) is 0.894. The van der Waals surface area contributed by atoms with Crippen molar-refractivity contribution in [3.63, 3.8) is 0 Å². The van der Waals surface area contributed by atoms with E-state index in [0.29, 0.717) is 18.0 Å². The van der Waals surface area contributed by atoms with Gasteiger partial charge in [-0.2, -0.15) is 0 Å². The summed E-state index contributed by atoms with van der Waals surface area (Å²) in [6.07, 6.45) is 0.935. The van der Waals surface area contributed by atoms with Crippen LogP contribution in [0.4, 0.5) is 4.79 Å². The maximum Gasteiger partial charge on any atom is 0.410 e. The van der Waals surface area contributed by atoms with Crippen LogP contribution in [0.5, 0.6) is 0 Å². The van der Waals surface area contributed by atoms with Gasteiger partial charge < -0.3 is 9.64 Å². The quantitative estimate of drug-likeness (QED) is 0.552. The molecule has 4 rings (SSSR count). The van der Waals surface area contributed by atoms with Gasteiger partial charge in [-0.05, 0) is 53.4 Å². The second-order valence-electron chi connectivity index (χ2n) is 7.46. The first kappa shape index (κ1) is 20.7. The minimum Gasteiger partial charge on any atom is -0.445 e. The molecular formula is C23H22ClNO4S. The molecule has 1 atom stereocenters. The van der Waals surface area contributed by atoms with Crippen molar-refractivity contribution < 1.29 is 17.9 Å². The molecule has 3 aromatic rings. The molecule has 156 valence electrons. The van der Waals surface area contributed by atoms with Crippen LogP contribution >= 0.6 is 11.6 Å². The molecule has 1 aliphatic heterocycles. The summed E-state index contributed by atoms with van der Waals surface area (Å²) in [5, 5.41) is 2.30. The number of sulfone groups is 1. The second-order valence-corrected chi connectivity index (χ2v) is 9.93. The van der Waals surface area contributed by atoms with Gasteiger partial charge >= 0.3 is 6.09 Å². The number of hydrogen-bond acceptors (Lipinski definition) is 4. The van der Waals surface area contributed by atoms with Crippen molar-refractivity contribution in [2.45, 2.75) is 30.4 Å². The molecular weight excluding hydrogens is 422 g/mol. The number of amides is 1. The number of rotatable bonds is 5. The monoisotopic (exact) mass is 443 g/mol.